The molecule has 0 aliphatic heterocycles. The standard InChI is InChI=1S/C18H15N/c1-14-6-8-15(9-7-14)10-12-17-13-11-16-4-2-3-5-18(16)19-17/h2-13H,1H3/b12-10+. The fourth-order valence-corrected chi connectivity index (χ4v) is 2.03. The number of para-hydroxylation sites is 1. The molecule has 92 valence electrons. The number of fused-ring (bicyclic) bond motifs is 1. The maximum Gasteiger partial charge on any atom is 0.0709 e. The molecule has 0 radical (unpaired) electrons. The largest absolute Gasteiger partial charge is 0.248 e. The third-order valence-electron chi connectivity index (χ3n) is 3.14. The second kappa shape index (κ2) is 5.07. The molecule has 2 aromatic carbocycles. The number of pyridine rings is 1. The van der Waals surface area contributed by atoms with Crippen LogP contribution in [0.15, 0.2) is 60.7 Å². The highest BCUT2D eigenvalue weighted by molar-refractivity contribution is 5.80. The van der Waals surface area contributed by atoms with Crippen LogP contribution in [0.25, 0.3) is 23.1 Å². The molecular formula is C18H15N. The smallest absolute Gasteiger partial charge is 0.0709 e. The highest BCUT2D eigenvalue weighted by Crippen LogP contribution is 2.14. The maximum absolute atomic E-state index is 4.62. The second-order valence-corrected chi connectivity index (χ2v) is 4.67. The summed E-state index contributed by atoms with van der Waals surface area (Å²) in [6.45, 7) is 2.10. The van der Waals surface area contributed by atoms with Gasteiger partial charge in [0.05, 0.1) is 11.2 Å². The van der Waals surface area contributed by atoms with Crippen molar-refractivity contribution in [1.29, 1.82) is 0 Å². The Hall–Kier alpha value is -2.41. The predicted molar refractivity (Wildman–Crippen MR) is 81.9 cm³/mol. The van der Waals surface area contributed by atoms with Gasteiger partial charge >= 0.3 is 0 Å². The van der Waals surface area contributed by atoms with Gasteiger partial charge in [-0.3, -0.25) is 0 Å². The van der Waals surface area contributed by atoms with Crippen molar-refractivity contribution in [2.45, 2.75) is 6.92 Å². The average Bonchev–Trinajstić information content (AvgIpc) is 2.46. The van der Waals surface area contributed by atoms with Crippen molar-refractivity contribution in [3.8, 4) is 0 Å². The monoisotopic (exact) mass is 245 g/mol. The van der Waals surface area contributed by atoms with Crippen LogP contribution in [0.2, 0.25) is 0 Å². The molecule has 0 saturated carbocycles. The predicted octanol–water partition coefficient (Wildman–Crippen LogP) is 4.71. The number of aromatic nitrogens is 1. The van der Waals surface area contributed by atoms with Crippen LogP contribution >= 0.6 is 0 Å². The van der Waals surface area contributed by atoms with E-state index >= 15 is 0 Å². The molecule has 1 heterocycles. The highest BCUT2D eigenvalue weighted by atomic mass is 14.7. The summed E-state index contributed by atoms with van der Waals surface area (Å²) in [5.74, 6) is 0. The molecule has 0 aliphatic carbocycles. The van der Waals surface area contributed by atoms with Crippen molar-refractivity contribution < 1.29 is 0 Å². The third kappa shape index (κ3) is 2.71. The Balaban J connectivity index is 1.90. The Bertz CT molecular complexity index is 724. The van der Waals surface area contributed by atoms with Gasteiger partial charge in [-0.05, 0) is 30.7 Å². The summed E-state index contributed by atoms with van der Waals surface area (Å²) in [5, 5.41) is 1.18. The van der Waals surface area contributed by atoms with Crippen LogP contribution in [-0.2, 0) is 0 Å². The Morgan fingerprint density at radius 2 is 1.58 bits per heavy atom. The minimum atomic E-state index is 0.985. The number of rotatable bonds is 2. The molecule has 0 fully saturated rings. The Morgan fingerprint density at radius 1 is 0.789 bits per heavy atom. The maximum atomic E-state index is 4.62. The molecule has 0 amide bonds. The molecule has 0 atom stereocenters. The minimum Gasteiger partial charge on any atom is -0.248 e. The van der Waals surface area contributed by atoms with E-state index in [1.165, 1.54) is 16.5 Å². The summed E-state index contributed by atoms with van der Waals surface area (Å²) in [6, 6.07) is 20.8. The molecule has 19 heavy (non-hydrogen) atoms. The van der Waals surface area contributed by atoms with Crippen molar-refractivity contribution in [2.24, 2.45) is 0 Å². The van der Waals surface area contributed by atoms with Crippen molar-refractivity contribution in [3.05, 3.63) is 77.5 Å². The molecule has 0 unspecified atom stereocenters. The van der Waals surface area contributed by atoms with Crippen molar-refractivity contribution >= 4 is 23.1 Å². The van der Waals surface area contributed by atoms with Gasteiger partial charge in [0.1, 0.15) is 0 Å². The van der Waals surface area contributed by atoms with E-state index < -0.39 is 0 Å². The van der Waals surface area contributed by atoms with Crippen LogP contribution in [-0.4, -0.2) is 4.98 Å². The first-order valence-electron chi connectivity index (χ1n) is 6.42. The number of benzene rings is 2. The van der Waals surface area contributed by atoms with Gasteiger partial charge in [-0.1, -0.05) is 60.2 Å². The molecule has 0 bridgehead atoms. The summed E-state index contributed by atoms with van der Waals surface area (Å²) >= 11 is 0. The zero-order valence-corrected chi connectivity index (χ0v) is 10.9. The van der Waals surface area contributed by atoms with E-state index in [-0.39, 0.29) is 0 Å². The van der Waals surface area contributed by atoms with E-state index in [1.54, 1.807) is 0 Å². The molecule has 0 spiro atoms. The topological polar surface area (TPSA) is 12.9 Å². The first kappa shape index (κ1) is 11.7. The number of hydrogen-bond acceptors (Lipinski definition) is 1. The fraction of sp³-hybridized carbons (Fsp3) is 0.0556. The van der Waals surface area contributed by atoms with E-state index in [0.29, 0.717) is 0 Å². The zero-order valence-electron chi connectivity index (χ0n) is 10.9. The summed E-state index contributed by atoms with van der Waals surface area (Å²) in [5.41, 5.74) is 4.49. The van der Waals surface area contributed by atoms with E-state index in [9.17, 15) is 0 Å². The summed E-state index contributed by atoms with van der Waals surface area (Å²) < 4.78 is 0. The van der Waals surface area contributed by atoms with Gasteiger partial charge in [0.2, 0.25) is 0 Å². The van der Waals surface area contributed by atoms with Gasteiger partial charge in [0.15, 0.2) is 0 Å². The zero-order chi connectivity index (χ0) is 13.1. The first-order valence-corrected chi connectivity index (χ1v) is 6.42. The normalized spacial score (nSPS) is 11.2. The number of nitrogens with zero attached hydrogens (tertiary/aromatic N) is 1. The molecule has 3 rings (SSSR count). The number of aryl methyl sites for hydroxylation is 1. The van der Waals surface area contributed by atoms with Gasteiger partial charge in [-0.2, -0.15) is 0 Å². The molecule has 3 aromatic rings. The van der Waals surface area contributed by atoms with E-state index in [0.717, 1.165) is 11.2 Å². The van der Waals surface area contributed by atoms with Crippen LogP contribution in [0, 0.1) is 6.92 Å². The molecule has 1 nitrogen and oxygen atoms in total. The van der Waals surface area contributed by atoms with Crippen LogP contribution in [0.1, 0.15) is 16.8 Å². The SMILES string of the molecule is Cc1ccc(/C=C/c2ccc3ccccc3n2)cc1. The van der Waals surface area contributed by atoms with Gasteiger partial charge in [-0.15, -0.1) is 0 Å². The van der Waals surface area contributed by atoms with Gasteiger partial charge in [-0.25, -0.2) is 4.98 Å². The Kier molecular flexibility index (Phi) is 3.11. The number of hydrogen-bond donors (Lipinski definition) is 0. The highest BCUT2D eigenvalue weighted by Gasteiger charge is 1.94. The van der Waals surface area contributed by atoms with E-state index in [2.05, 4.69) is 60.5 Å². The van der Waals surface area contributed by atoms with Crippen LogP contribution in [0.4, 0.5) is 0 Å². The third-order valence-corrected chi connectivity index (χ3v) is 3.14. The lowest BCUT2D eigenvalue weighted by Crippen LogP contribution is -1.82. The molecule has 0 saturated heterocycles. The van der Waals surface area contributed by atoms with Crippen LogP contribution in [0.3, 0.4) is 0 Å². The van der Waals surface area contributed by atoms with Crippen LogP contribution < -0.4 is 0 Å². The van der Waals surface area contributed by atoms with Crippen molar-refractivity contribution in [2.75, 3.05) is 0 Å². The molecular weight excluding hydrogens is 230 g/mol. The van der Waals surface area contributed by atoms with E-state index in [1.807, 2.05) is 24.3 Å². The lowest BCUT2D eigenvalue weighted by Gasteiger charge is -1.99. The first-order chi connectivity index (χ1) is 9.31. The average molecular weight is 245 g/mol. The van der Waals surface area contributed by atoms with Gasteiger partial charge in [0.25, 0.3) is 0 Å². The van der Waals surface area contributed by atoms with Gasteiger partial charge < -0.3 is 0 Å². The van der Waals surface area contributed by atoms with E-state index in [4.69, 9.17) is 0 Å². The van der Waals surface area contributed by atoms with Crippen molar-refractivity contribution in [3.63, 3.8) is 0 Å². The minimum absolute atomic E-state index is 0.985. The Morgan fingerprint density at radius 3 is 2.42 bits per heavy atom. The van der Waals surface area contributed by atoms with Crippen LogP contribution in [0.5, 0.6) is 0 Å². The van der Waals surface area contributed by atoms with Gasteiger partial charge in [0, 0.05) is 5.39 Å². The summed E-state index contributed by atoms with van der Waals surface area (Å²) in [6.07, 6.45) is 4.15. The van der Waals surface area contributed by atoms with Crippen molar-refractivity contribution in [1.82, 2.24) is 4.98 Å². The molecule has 0 N–H and O–H groups in total. The lowest BCUT2D eigenvalue weighted by atomic mass is 10.1. The Labute approximate surface area is 113 Å². The molecule has 0 aliphatic rings. The lowest BCUT2D eigenvalue weighted by molar-refractivity contribution is 1.37. The molecule has 1 heteroatoms. The second-order valence-electron chi connectivity index (χ2n) is 4.67. The summed E-state index contributed by atoms with van der Waals surface area (Å²) in [7, 11) is 0. The fourth-order valence-electron chi connectivity index (χ4n) is 2.03. The molecule has 1 aromatic heterocycles. The quantitative estimate of drug-likeness (QED) is 0.637. The summed E-state index contributed by atoms with van der Waals surface area (Å²) in [4.78, 5) is 4.62.